The van der Waals surface area contributed by atoms with Crippen LogP contribution in [0.3, 0.4) is 0 Å². The number of alkyl halides is 1. The molecule has 0 radical (unpaired) electrons. The van der Waals surface area contributed by atoms with Gasteiger partial charge in [0.25, 0.3) is 0 Å². The Kier molecular flexibility index (Phi) is 2.80. The van der Waals surface area contributed by atoms with Crippen LogP contribution in [0.2, 0.25) is 0 Å². The number of carbonyl (C=O) groups excluding carboxylic acids is 1. The first kappa shape index (κ1) is 11.3. The highest BCUT2D eigenvalue weighted by atomic mass is 35.5. The summed E-state index contributed by atoms with van der Waals surface area (Å²) in [6.07, 6.45) is 0. The van der Waals surface area contributed by atoms with Gasteiger partial charge in [-0.05, 0) is 32.4 Å². The largest absolute Gasteiger partial charge is 0.293 e. The van der Waals surface area contributed by atoms with Gasteiger partial charge in [-0.1, -0.05) is 0 Å². The number of aromatic nitrogens is 1. The van der Waals surface area contributed by atoms with E-state index in [9.17, 15) is 4.79 Å². The minimum absolute atomic E-state index is 0.0747. The maximum Gasteiger partial charge on any atom is 0.175 e. The van der Waals surface area contributed by atoms with E-state index >= 15 is 0 Å². The van der Waals surface area contributed by atoms with Gasteiger partial charge in [-0.3, -0.25) is 4.79 Å². The minimum atomic E-state index is -0.229. The van der Waals surface area contributed by atoms with Crippen LogP contribution in [-0.4, -0.2) is 22.4 Å². The minimum Gasteiger partial charge on any atom is -0.293 e. The molecule has 0 fully saturated rings. The molecule has 0 amide bonds. The van der Waals surface area contributed by atoms with Gasteiger partial charge in [0.05, 0.1) is 17.4 Å². The number of hydrogen-bond donors (Lipinski definition) is 0. The lowest BCUT2D eigenvalue weighted by molar-refractivity contribution is 0.0959. The van der Waals surface area contributed by atoms with Crippen LogP contribution in [-0.2, 0) is 0 Å². The summed E-state index contributed by atoms with van der Waals surface area (Å²) in [5.74, 6) is 0.649. The Morgan fingerprint density at radius 3 is 2.75 bits per heavy atom. The fourth-order valence-electron chi connectivity index (χ4n) is 1.95. The highest BCUT2D eigenvalue weighted by molar-refractivity contribution is 6.33. The van der Waals surface area contributed by atoms with Crippen LogP contribution in [0.4, 0.5) is 5.82 Å². The number of pyridine rings is 1. The molecule has 2 rings (SSSR count). The number of nitrogens with zero attached hydrogens (tertiary/aromatic N) is 2. The number of halogens is 1. The first-order valence-electron chi connectivity index (χ1n) is 5.20. The van der Waals surface area contributed by atoms with E-state index in [1.54, 1.807) is 0 Å². The number of carbonyl (C=O) groups is 1. The monoisotopic (exact) mass is 236 g/mol. The van der Waals surface area contributed by atoms with Gasteiger partial charge in [0.1, 0.15) is 0 Å². The molecular weight excluding hydrogens is 224 g/mol. The number of aryl methyl sites for hydroxylation is 2. The van der Waals surface area contributed by atoms with Gasteiger partial charge in [-0.2, -0.15) is 0 Å². The molecule has 1 aliphatic heterocycles. The molecule has 1 aromatic heterocycles. The summed E-state index contributed by atoms with van der Waals surface area (Å²) >= 11 is 5.78. The summed E-state index contributed by atoms with van der Waals surface area (Å²) < 4.78 is 0. The van der Waals surface area contributed by atoms with Gasteiger partial charge in [0.2, 0.25) is 0 Å². The maximum absolute atomic E-state index is 12.1. The molecule has 16 heavy (non-hydrogen) atoms. The summed E-state index contributed by atoms with van der Waals surface area (Å²) in [7, 11) is 0. The average molecular weight is 237 g/mol. The topological polar surface area (TPSA) is 42.3 Å². The predicted molar refractivity (Wildman–Crippen MR) is 65.0 cm³/mol. The van der Waals surface area contributed by atoms with Gasteiger partial charge in [-0.15, -0.1) is 11.6 Å². The first-order chi connectivity index (χ1) is 7.54. The lowest BCUT2D eigenvalue weighted by atomic mass is 9.90. The lowest BCUT2D eigenvalue weighted by Crippen LogP contribution is -2.27. The van der Waals surface area contributed by atoms with E-state index in [0.29, 0.717) is 17.1 Å². The summed E-state index contributed by atoms with van der Waals surface area (Å²) in [6.45, 7) is 5.65. The van der Waals surface area contributed by atoms with E-state index in [-0.39, 0.29) is 17.6 Å². The summed E-state index contributed by atoms with van der Waals surface area (Å²) in [6, 6.07) is 1.91. The van der Waals surface area contributed by atoms with Crippen molar-refractivity contribution >= 4 is 28.9 Å². The Balaban J connectivity index is 2.68. The highest BCUT2D eigenvalue weighted by Gasteiger charge is 2.29. The molecule has 0 bridgehead atoms. The molecule has 3 nitrogen and oxygen atoms in total. The van der Waals surface area contributed by atoms with Crippen LogP contribution in [0.15, 0.2) is 11.1 Å². The number of ketones is 1. The number of hydrogen-bond acceptors (Lipinski definition) is 3. The van der Waals surface area contributed by atoms with E-state index < -0.39 is 0 Å². The van der Waals surface area contributed by atoms with Crippen LogP contribution >= 0.6 is 11.6 Å². The molecule has 1 unspecified atom stereocenters. The Morgan fingerprint density at radius 2 is 2.12 bits per heavy atom. The first-order valence-corrected chi connectivity index (χ1v) is 5.74. The fraction of sp³-hybridized carbons (Fsp3) is 0.417. The second kappa shape index (κ2) is 3.98. The average Bonchev–Trinajstić information content (AvgIpc) is 2.22. The van der Waals surface area contributed by atoms with Crippen LogP contribution in [0.5, 0.6) is 0 Å². The summed E-state index contributed by atoms with van der Waals surface area (Å²) in [5.41, 5.74) is 3.16. The number of fused-ring (bicyclic) bond motifs is 1. The molecule has 1 atom stereocenters. The van der Waals surface area contributed by atoms with Crippen molar-refractivity contribution in [3.05, 3.63) is 22.9 Å². The van der Waals surface area contributed by atoms with Crippen molar-refractivity contribution < 1.29 is 4.79 Å². The van der Waals surface area contributed by atoms with E-state index in [4.69, 9.17) is 11.6 Å². The van der Waals surface area contributed by atoms with Crippen molar-refractivity contribution in [1.82, 2.24) is 4.98 Å². The van der Waals surface area contributed by atoms with Crippen LogP contribution in [0.25, 0.3) is 0 Å². The third kappa shape index (κ3) is 1.65. The van der Waals surface area contributed by atoms with Crippen molar-refractivity contribution in [1.29, 1.82) is 0 Å². The molecular formula is C12H13ClN2O. The molecule has 1 aliphatic rings. The second-order valence-electron chi connectivity index (χ2n) is 4.10. The van der Waals surface area contributed by atoms with Crippen LogP contribution < -0.4 is 0 Å². The van der Waals surface area contributed by atoms with Crippen LogP contribution in [0.1, 0.15) is 28.5 Å². The Hall–Kier alpha value is -1.22. The summed E-state index contributed by atoms with van der Waals surface area (Å²) in [4.78, 5) is 20.8. The van der Waals surface area contributed by atoms with E-state index in [1.807, 2.05) is 26.8 Å². The third-order valence-electron chi connectivity index (χ3n) is 2.85. The lowest BCUT2D eigenvalue weighted by Gasteiger charge is -2.20. The summed E-state index contributed by atoms with van der Waals surface area (Å²) in [5, 5.41) is 0. The van der Waals surface area contributed by atoms with E-state index in [0.717, 1.165) is 11.3 Å². The van der Waals surface area contributed by atoms with Gasteiger partial charge in [-0.25, -0.2) is 9.98 Å². The molecule has 0 spiro atoms. The Labute approximate surface area is 99.6 Å². The van der Waals surface area contributed by atoms with Crippen molar-refractivity contribution in [2.45, 2.75) is 20.8 Å². The van der Waals surface area contributed by atoms with Crippen molar-refractivity contribution in [3.63, 3.8) is 0 Å². The number of Topliss-reactive ketones (excluding diaryl/α,β-unsaturated/α-hetero) is 1. The Bertz CT molecular complexity index is 494. The van der Waals surface area contributed by atoms with Crippen LogP contribution in [0, 0.1) is 19.8 Å². The van der Waals surface area contributed by atoms with E-state index in [2.05, 4.69) is 9.98 Å². The standard InChI is InChI=1S/C12H13ClN2O/c1-6-4-7(2)14-12-10(6)11(16)8(3)9(5-13)15-12/h4,8H,5H2,1-3H3. The molecule has 4 heteroatoms. The zero-order chi connectivity index (χ0) is 11.9. The zero-order valence-electron chi connectivity index (χ0n) is 9.54. The normalized spacial score (nSPS) is 19.4. The van der Waals surface area contributed by atoms with Gasteiger partial charge < -0.3 is 0 Å². The molecule has 0 saturated heterocycles. The molecule has 0 aliphatic carbocycles. The van der Waals surface area contributed by atoms with E-state index in [1.165, 1.54) is 0 Å². The van der Waals surface area contributed by atoms with Gasteiger partial charge in [0.15, 0.2) is 11.6 Å². The molecule has 2 heterocycles. The molecule has 0 aromatic carbocycles. The molecule has 84 valence electrons. The van der Waals surface area contributed by atoms with Crippen molar-refractivity contribution in [2.24, 2.45) is 10.9 Å². The quantitative estimate of drug-likeness (QED) is 0.704. The number of aliphatic imine (C=N–C) groups is 1. The van der Waals surface area contributed by atoms with Gasteiger partial charge in [0, 0.05) is 11.4 Å². The van der Waals surface area contributed by atoms with Gasteiger partial charge >= 0.3 is 0 Å². The fourth-order valence-corrected chi connectivity index (χ4v) is 2.24. The van der Waals surface area contributed by atoms with Crippen molar-refractivity contribution in [3.8, 4) is 0 Å². The highest BCUT2D eigenvalue weighted by Crippen LogP contribution is 2.30. The smallest absolute Gasteiger partial charge is 0.175 e. The number of rotatable bonds is 1. The zero-order valence-corrected chi connectivity index (χ0v) is 10.3. The molecule has 0 saturated carbocycles. The molecule has 1 aromatic rings. The third-order valence-corrected chi connectivity index (χ3v) is 3.13. The van der Waals surface area contributed by atoms with Crippen molar-refractivity contribution in [2.75, 3.05) is 5.88 Å². The second-order valence-corrected chi connectivity index (χ2v) is 4.37. The maximum atomic E-state index is 12.1. The molecule has 0 N–H and O–H groups in total. The SMILES string of the molecule is Cc1cc(C)c2c(n1)N=C(CCl)C(C)C2=O. The predicted octanol–water partition coefficient (Wildman–Crippen LogP) is 2.84. The Morgan fingerprint density at radius 1 is 1.44 bits per heavy atom.